The van der Waals surface area contributed by atoms with Crippen molar-refractivity contribution in [1.29, 1.82) is 0 Å². The molecule has 0 amide bonds. The van der Waals surface area contributed by atoms with Crippen LogP contribution in [0.5, 0.6) is 0 Å². The van der Waals surface area contributed by atoms with Crippen LogP contribution >= 0.6 is 7.82 Å². The van der Waals surface area contributed by atoms with Crippen molar-refractivity contribution in [1.82, 2.24) is 0 Å². The number of hydrogen-bond donors (Lipinski definition) is 6. The van der Waals surface area contributed by atoms with E-state index in [1.807, 2.05) is 0 Å². The largest absolute Gasteiger partial charge is 0.472 e. The normalized spacial score (nSPS) is 23.1. The van der Waals surface area contributed by atoms with Gasteiger partial charge in [0.2, 0.25) is 0 Å². The Bertz CT molecular complexity index is 984. The summed E-state index contributed by atoms with van der Waals surface area (Å²) in [5.74, 6) is -0.483. The molecule has 1 saturated carbocycles. The topological polar surface area (TPSA) is 192 Å². The summed E-state index contributed by atoms with van der Waals surface area (Å²) in [5, 5.41) is 50.1. The minimum absolute atomic E-state index is 0.0745. The van der Waals surface area contributed by atoms with E-state index in [-0.39, 0.29) is 13.0 Å². The average Bonchev–Trinajstić information content (AvgIpc) is 3.18. The van der Waals surface area contributed by atoms with Gasteiger partial charge in [-0.1, -0.05) is 161 Å². The summed E-state index contributed by atoms with van der Waals surface area (Å²) in [5.41, 5.74) is 0. The first kappa shape index (κ1) is 53.1. The van der Waals surface area contributed by atoms with Crippen LogP contribution in [0.4, 0.5) is 0 Å². The molecule has 0 bridgehead atoms. The van der Waals surface area contributed by atoms with Crippen LogP contribution in [0.25, 0.3) is 0 Å². The Morgan fingerprint density at radius 2 is 0.946 bits per heavy atom. The number of aliphatic hydroxyl groups excluding tert-OH is 5. The Morgan fingerprint density at radius 1 is 0.554 bits per heavy atom. The van der Waals surface area contributed by atoms with Gasteiger partial charge in [-0.2, -0.15) is 0 Å². The first-order chi connectivity index (χ1) is 27.0. The van der Waals surface area contributed by atoms with Gasteiger partial charge in [-0.15, -0.1) is 0 Å². The molecule has 1 rings (SSSR count). The van der Waals surface area contributed by atoms with Gasteiger partial charge < -0.3 is 39.9 Å². The lowest BCUT2D eigenvalue weighted by Crippen LogP contribution is -2.64. The van der Waals surface area contributed by atoms with Gasteiger partial charge in [0, 0.05) is 13.0 Å². The third-order valence-corrected chi connectivity index (χ3v) is 11.6. The van der Waals surface area contributed by atoms with Crippen molar-refractivity contribution in [2.75, 3.05) is 19.8 Å². The van der Waals surface area contributed by atoms with E-state index in [1.54, 1.807) is 0 Å². The number of rotatable bonds is 38. The van der Waals surface area contributed by atoms with Crippen molar-refractivity contribution < 1.29 is 58.3 Å². The fraction of sp³-hybridized carbons (Fsp3) is 0.930. The van der Waals surface area contributed by atoms with Gasteiger partial charge in [0.05, 0.1) is 13.2 Å². The molecule has 0 aromatic rings. The third kappa shape index (κ3) is 27.0. The van der Waals surface area contributed by atoms with E-state index in [0.717, 1.165) is 57.8 Å². The Balaban J connectivity index is 2.41. The van der Waals surface area contributed by atoms with Gasteiger partial charge >= 0.3 is 13.8 Å². The first-order valence-electron chi connectivity index (χ1n) is 22.5. The van der Waals surface area contributed by atoms with Gasteiger partial charge in [0.1, 0.15) is 42.7 Å². The molecule has 0 aliphatic heterocycles. The van der Waals surface area contributed by atoms with Gasteiger partial charge in [-0.25, -0.2) is 4.57 Å². The molecule has 0 aromatic carbocycles. The molecule has 0 heterocycles. The van der Waals surface area contributed by atoms with Crippen LogP contribution in [0.2, 0.25) is 0 Å². The zero-order valence-corrected chi connectivity index (χ0v) is 36.1. The average molecular weight is 823 g/mol. The number of phosphoric acid groups is 1. The van der Waals surface area contributed by atoms with Crippen LogP contribution in [0, 0.1) is 0 Å². The molecule has 6 N–H and O–H groups in total. The highest BCUT2D eigenvalue weighted by atomic mass is 31.2. The molecule has 1 fully saturated rings. The first-order valence-corrected chi connectivity index (χ1v) is 24.0. The quantitative estimate of drug-likeness (QED) is 0.0150. The maximum Gasteiger partial charge on any atom is 0.472 e. The summed E-state index contributed by atoms with van der Waals surface area (Å²) < 4.78 is 34.1. The number of carbonyl (C=O) groups is 1. The monoisotopic (exact) mass is 823 g/mol. The predicted octanol–water partition coefficient (Wildman–Crippen LogP) is 8.75. The molecule has 0 aromatic heterocycles. The van der Waals surface area contributed by atoms with Crippen LogP contribution in [0.3, 0.4) is 0 Å². The maximum absolute atomic E-state index is 12.8. The minimum atomic E-state index is -5.01. The molecule has 12 nitrogen and oxygen atoms in total. The number of hydrogen-bond acceptors (Lipinski definition) is 11. The minimum Gasteiger partial charge on any atom is -0.457 e. The van der Waals surface area contributed by atoms with Crippen molar-refractivity contribution in [2.45, 2.75) is 236 Å². The van der Waals surface area contributed by atoms with Crippen LogP contribution in [0.1, 0.15) is 194 Å². The summed E-state index contributed by atoms with van der Waals surface area (Å²) in [7, 11) is -5.01. The summed E-state index contributed by atoms with van der Waals surface area (Å²) in [6, 6.07) is 0. The molecule has 0 radical (unpaired) electrons. The third-order valence-electron chi connectivity index (χ3n) is 10.6. The van der Waals surface area contributed by atoms with Crippen molar-refractivity contribution >= 4 is 13.8 Å². The highest BCUT2D eigenvalue weighted by molar-refractivity contribution is 7.47. The van der Waals surface area contributed by atoms with Crippen molar-refractivity contribution in [2.24, 2.45) is 0 Å². The SMILES string of the molecule is CCCCCCCC/C=C\CCCCCCCC(=O)OC(COCCCCCCCCCCCCCCCC)COP(=O)(O)OC1C(O)C(O)C(O)C(O)C1O. The molecule has 0 spiro atoms. The Morgan fingerprint density at radius 3 is 1.41 bits per heavy atom. The van der Waals surface area contributed by atoms with Crippen molar-refractivity contribution in [3.05, 3.63) is 12.2 Å². The van der Waals surface area contributed by atoms with E-state index in [2.05, 4.69) is 26.0 Å². The van der Waals surface area contributed by atoms with E-state index in [0.29, 0.717) is 13.0 Å². The molecule has 332 valence electrons. The summed E-state index contributed by atoms with van der Waals surface area (Å²) in [6.45, 7) is 4.26. The van der Waals surface area contributed by atoms with Crippen LogP contribution in [-0.2, 0) is 27.9 Å². The number of allylic oxidation sites excluding steroid dienone is 2. The number of aliphatic hydroxyl groups is 5. The molecule has 56 heavy (non-hydrogen) atoms. The molecular weight excluding hydrogens is 739 g/mol. The Kier molecular flexibility index (Phi) is 33.1. The fourth-order valence-corrected chi connectivity index (χ4v) is 7.97. The molecule has 6 atom stereocenters. The van der Waals surface area contributed by atoms with E-state index in [9.17, 15) is 39.8 Å². The van der Waals surface area contributed by atoms with Crippen LogP contribution in [0.15, 0.2) is 12.2 Å². The van der Waals surface area contributed by atoms with Crippen LogP contribution < -0.4 is 0 Å². The summed E-state index contributed by atoms with van der Waals surface area (Å²) in [6.07, 6.45) is 24.2. The smallest absolute Gasteiger partial charge is 0.457 e. The number of ether oxygens (including phenoxy) is 2. The second-order valence-electron chi connectivity index (χ2n) is 15.9. The lowest BCUT2D eigenvalue weighted by molar-refractivity contribution is -0.220. The van der Waals surface area contributed by atoms with Crippen LogP contribution in [-0.4, -0.2) is 98.9 Å². The lowest BCUT2D eigenvalue weighted by Gasteiger charge is -2.41. The van der Waals surface area contributed by atoms with Crippen molar-refractivity contribution in [3.8, 4) is 0 Å². The van der Waals surface area contributed by atoms with E-state index in [4.69, 9.17) is 18.5 Å². The van der Waals surface area contributed by atoms with E-state index >= 15 is 0 Å². The van der Waals surface area contributed by atoms with Gasteiger partial charge in [-0.05, 0) is 38.5 Å². The molecule has 13 heteroatoms. The second kappa shape index (κ2) is 34.9. The highest BCUT2D eigenvalue weighted by Crippen LogP contribution is 2.47. The van der Waals surface area contributed by atoms with E-state index < -0.39 is 63.1 Å². The van der Waals surface area contributed by atoms with Gasteiger partial charge in [0.15, 0.2) is 0 Å². The number of unbranched alkanes of at least 4 members (excludes halogenated alkanes) is 24. The highest BCUT2D eigenvalue weighted by Gasteiger charge is 2.51. The van der Waals surface area contributed by atoms with E-state index in [1.165, 1.54) is 109 Å². The second-order valence-corrected chi connectivity index (χ2v) is 17.3. The summed E-state index contributed by atoms with van der Waals surface area (Å²) >= 11 is 0. The summed E-state index contributed by atoms with van der Waals surface area (Å²) in [4.78, 5) is 23.1. The standard InChI is InChI=1S/C43H83O12P/c1-3-5-7-9-11-13-15-17-19-20-22-24-26-28-30-32-37(44)54-36(34-52-33-31-29-27-25-23-21-18-16-14-12-10-8-6-4-2)35-53-56(50,51)55-43-41(48)39(46)38(45)40(47)42(43)49/h17,19,36,38-43,45-49H,3-16,18,20-35H2,1-2H3,(H,50,51)/b19-17-. The maximum atomic E-state index is 12.8. The van der Waals surface area contributed by atoms with Gasteiger partial charge in [-0.3, -0.25) is 13.8 Å². The molecule has 6 unspecified atom stereocenters. The molecular formula is C43H83O12P. The van der Waals surface area contributed by atoms with Gasteiger partial charge in [0.25, 0.3) is 0 Å². The fourth-order valence-electron chi connectivity index (χ4n) is 7.00. The number of carbonyl (C=O) groups excluding carboxylic acids is 1. The molecule has 1 aliphatic rings. The molecule has 0 saturated heterocycles. The zero-order valence-electron chi connectivity index (χ0n) is 35.2. The predicted molar refractivity (Wildman–Crippen MR) is 221 cm³/mol. The number of phosphoric ester groups is 1. The van der Waals surface area contributed by atoms with Crippen molar-refractivity contribution in [3.63, 3.8) is 0 Å². The number of esters is 1. The molecule has 1 aliphatic carbocycles. The zero-order chi connectivity index (χ0) is 41.3. The Hall–Kier alpha value is -0.920. The Labute approximate surface area is 339 Å². The lowest BCUT2D eigenvalue weighted by atomic mass is 9.85.